The minimum absolute atomic E-state index is 0.0734. The van der Waals surface area contributed by atoms with Crippen LogP contribution in [-0.2, 0) is 14.3 Å². The molecule has 0 saturated carbocycles. The van der Waals surface area contributed by atoms with Crippen LogP contribution in [0, 0.1) is 5.41 Å². The molecule has 0 bridgehead atoms. The maximum Gasteiger partial charge on any atom is 0.460 e. The Balaban J connectivity index is 6.31. The summed E-state index contributed by atoms with van der Waals surface area (Å²) in [5, 5.41) is 8.33. The van der Waals surface area contributed by atoms with Crippen molar-refractivity contribution in [2.45, 2.75) is 69.1 Å². The van der Waals surface area contributed by atoms with Crippen molar-refractivity contribution >= 4 is 11.9 Å². The molecule has 4 nitrogen and oxygen atoms in total. The van der Waals surface area contributed by atoms with Crippen LogP contribution in [0.25, 0.3) is 0 Å². The summed E-state index contributed by atoms with van der Waals surface area (Å²) in [6, 6.07) is 0. The molecule has 17 heteroatoms. The Bertz CT molecular complexity index is 763. The maximum atomic E-state index is 14.1. The molecule has 1 N–H and O–H groups in total. The van der Waals surface area contributed by atoms with Crippen molar-refractivity contribution in [2.75, 3.05) is 0 Å². The van der Waals surface area contributed by atoms with E-state index >= 15 is 0 Å². The second-order valence-electron chi connectivity index (χ2n) is 7.67. The molecule has 0 saturated heterocycles. The molecule has 0 aromatic carbocycles. The summed E-state index contributed by atoms with van der Waals surface area (Å²) in [5.74, 6) is -41.4. The van der Waals surface area contributed by atoms with Crippen molar-refractivity contribution in [3.8, 4) is 0 Å². The first-order valence-corrected chi connectivity index (χ1v) is 8.24. The Labute approximate surface area is 176 Å². The zero-order valence-corrected chi connectivity index (χ0v) is 16.5. The fourth-order valence-corrected chi connectivity index (χ4v) is 2.01. The van der Waals surface area contributed by atoms with Gasteiger partial charge in [-0.15, -0.1) is 0 Å². The quantitative estimate of drug-likeness (QED) is 0.241. The zero-order chi connectivity index (χ0) is 27.1. The number of hydrogen-bond donors (Lipinski definition) is 1. The Morgan fingerprint density at radius 1 is 0.727 bits per heavy atom. The average Bonchev–Trinajstić information content (AvgIpc) is 2.56. The lowest BCUT2D eigenvalue weighted by Gasteiger charge is -2.41. The van der Waals surface area contributed by atoms with E-state index in [-0.39, 0.29) is 12.2 Å². The highest BCUT2D eigenvalue weighted by molar-refractivity contribution is 5.90. The van der Waals surface area contributed by atoms with Gasteiger partial charge >= 0.3 is 47.7 Å². The number of hydrogen-bond acceptors (Lipinski definition) is 3. The first-order chi connectivity index (χ1) is 14.2. The topological polar surface area (TPSA) is 63.6 Å². The molecular weight excluding hydrogens is 503 g/mol. The number of carboxylic acid groups (broad SMARTS) is 1. The van der Waals surface area contributed by atoms with Gasteiger partial charge in [-0.05, 0) is 5.41 Å². The van der Waals surface area contributed by atoms with Crippen LogP contribution in [0.4, 0.5) is 57.1 Å². The average molecular weight is 518 g/mol. The van der Waals surface area contributed by atoms with E-state index in [1.165, 1.54) is 0 Å². The van der Waals surface area contributed by atoms with E-state index in [9.17, 15) is 66.7 Å². The van der Waals surface area contributed by atoms with Gasteiger partial charge in [-0.1, -0.05) is 20.8 Å². The minimum atomic E-state index is -8.04. The number of halogens is 13. The third kappa shape index (κ3) is 5.83. The molecule has 0 aliphatic rings. The minimum Gasteiger partial charge on any atom is -0.478 e. The summed E-state index contributed by atoms with van der Waals surface area (Å²) in [5.41, 5.74) is -1.86. The smallest absolute Gasteiger partial charge is 0.460 e. The van der Waals surface area contributed by atoms with Crippen LogP contribution in [0.3, 0.4) is 0 Å². The Hall–Kier alpha value is -2.23. The second-order valence-corrected chi connectivity index (χ2v) is 7.67. The molecule has 0 aromatic rings. The van der Waals surface area contributed by atoms with Crippen molar-refractivity contribution in [1.29, 1.82) is 0 Å². The Morgan fingerprint density at radius 3 is 1.45 bits per heavy atom. The van der Waals surface area contributed by atoms with Gasteiger partial charge < -0.3 is 9.84 Å². The number of alkyl halides is 13. The van der Waals surface area contributed by atoms with E-state index in [0.717, 1.165) is 20.8 Å². The summed E-state index contributed by atoms with van der Waals surface area (Å²) in [4.78, 5) is 21.7. The predicted molar refractivity (Wildman–Crippen MR) is 81.5 cm³/mol. The van der Waals surface area contributed by atoms with E-state index in [0.29, 0.717) is 0 Å². The summed E-state index contributed by atoms with van der Waals surface area (Å²) < 4.78 is 176. The first kappa shape index (κ1) is 30.8. The van der Waals surface area contributed by atoms with Crippen LogP contribution >= 0.6 is 0 Å². The van der Waals surface area contributed by atoms with Crippen LogP contribution in [0.1, 0.15) is 27.2 Å². The molecule has 0 aliphatic heterocycles. The van der Waals surface area contributed by atoms with Gasteiger partial charge in [-0.25, -0.2) is 9.59 Å². The molecule has 0 rings (SSSR count). The molecule has 0 aromatic heterocycles. The van der Waals surface area contributed by atoms with Gasteiger partial charge in [0.25, 0.3) is 0 Å². The fourth-order valence-electron chi connectivity index (χ4n) is 2.01. The zero-order valence-electron chi connectivity index (χ0n) is 16.5. The van der Waals surface area contributed by atoms with E-state index < -0.39 is 65.7 Å². The van der Waals surface area contributed by atoms with Crippen LogP contribution < -0.4 is 0 Å². The summed E-state index contributed by atoms with van der Waals surface area (Å²) in [6.45, 7) is 2.64. The molecule has 1 atom stereocenters. The van der Waals surface area contributed by atoms with Crippen LogP contribution in [0.5, 0.6) is 0 Å². The number of esters is 1. The van der Waals surface area contributed by atoms with Crippen molar-refractivity contribution in [2.24, 2.45) is 5.41 Å². The van der Waals surface area contributed by atoms with Gasteiger partial charge in [0.1, 0.15) is 6.10 Å². The van der Waals surface area contributed by atoms with E-state index in [1.807, 2.05) is 0 Å². The third-order valence-electron chi connectivity index (χ3n) is 4.03. The molecule has 1 unspecified atom stereocenters. The fraction of sp³-hybridized carbons (Fsp3) is 0.750. The molecule has 0 heterocycles. The van der Waals surface area contributed by atoms with Gasteiger partial charge in [-0.3, -0.25) is 0 Å². The standard InChI is InChI=1S/C16H15F13O4/c1-10(2,3)7(33-9(32)5-4-8(30)31)6-11(17,18)12(19,20)13(21,22)14(23,24)15(25,26)16(27,28)29/h4-5,7H,6H2,1-3H3,(H,30,31)/b5-4-. The second kappa shape index (κ2) is 8.85. The normalized spacial score (nSPS) is 16.1. The van der Waals surface area contributed by atoms with E-state index in [4.69, 9.17) is 5.11 Å². The van der Waals surface area contributed by atoms with Gasteiger partial charge in [-0.2, -0.15) is 57.1 Å². The monoisotopic (exact) mass is 518 g/mol. The SMILES string of the molecule is CC(C)(C)C(CC(F)(F)C(F)(F)C(F)(F)C(F)(F)C(F)(F)C(F)(F)F)OC(=O)/C=C\C(=O)O. The van der Waals surface area contributed by atoms with Gasteiger partial charge in [0.05, 0.1) is 6.42 Å². The predicted octanol–water partition coefficient (Wildman–Crippen LogP) is 5.71. The van der Waals surface area contributed by atoms with Crippen LogP contribution in [0.2, 0.25) is 0 Å². The van der Waals surface area contributed by atoms with E-state index in [1.54, 1.807) is 0 Å². The largest absolute Gasteiger partial charge is 0.478 e. The van der Waals surface area contributed by atoms with Crippen LogP contribution in [-0.4, -0.2) is 58.9 Å². The first-order valence-electron chi connectivity index (χ1n) is 8.24. The third-order valence-corrected chi connectivity index (χ3v) is 4.03. The van der Waals surface area contributed by atoms with Gasteiger partial charge in [0.15, 0.2) is 0 Å². The lowest BCUT2D eigenvalue weighted by Crippen LogP contribution is -2.70. The molecule has 0 amide bonds. The summed E-state index contributed by atoms with van der Waals surface area (Å²) in [6.07, 6.45) is -12.7. The Kier molecular flexibility index (Phi) is 8.25. The number of rotatable bonds is 9. The number of carboxylic acids is 1. The lowest BCUT2D eigenvalue weighted by molar-refractivity contribution is -0.441. The highest BCUT2D eigenvalue weighted by atomic mass is 19.4. The molecular formula is C16H15F13O4. The highest BCUT2D eigenvalue weighted by Crippen LogP contribution is 2.61. The molecule has 0 aliphatic carbocycles. The highest BCUT2D eigenvalue weighted by Gasteiger charge is 2.90. The van der Waals surface area contributed by atoms with Crippen molar-refractivity contribution < 1.29 is 76.5 Å². The van der Waals surface area contributed by atoms with Crippen molar-refractivity contribution in [3.63, 3.8) is 0 Å². The summed E-state index contributed by atoms with van der Waals surface area (Å²) in [7, 11) is 0. The van der Waals surface area contributed by atoms with Crippen molar-refractivity contribution in [1.82, 2.24) is 0 Å². The van der Waals surface area contributed by atoms with E-state index in [2.05, 4.69) is 4.74 Å². The summed E-state index contributed by atoms with van der Waals surface area (Å²) >= 11 is 0. The molecule has 0 fully saturated rings. The number of aliphatic carboxylic acids is 1. The van der Waals surface area contributed by atoms with Crippen LogP contribution in [0.15, 0.2) is 12.2 Å². The molecule has 0 spiro atoms. The number of ether oxygens (including phenoxy) is 1. The number of carbonyl (C=O) groups excluding carboxylic acids is 1. The van der Waals surface area contributed by atoms with Crippen molar-refractivity contribution in [3.05, 3.63) is 12.2 Å². The van der Waals surface area contributed by atoms with Gasteiger partial charge in [0, 0.05) is 12.2 Å². The maximum absolute atomic E-state index is 14.1. The molecule has 0 radical (unpaired) electrons. The van der Waals surface area contributed by atoms with Gasteiger partial charge in [0.2, 0.25) is 0 Å². The molecule has 33 heavy (non-hydrogen) atoms. The number of carbonyl (C=O) groups is 2. The molecule has 194 valence electrons. The Morgan fingerprint density at radius 2 is 1.12 bits per heavy atom. The lowest BCUT2D eigenvalue weighted by atomic mass is 9.82.